The van der Waals surface area contributed by atoms with Gasteiger partial charge in [-0.15, -0.1) is 0 Å². The van der Waals surface area contributed by atoms with Crippen molar-refractivity contribution in [2.45, 2.75) is 19.4 Å². The Bertz CT molecular complexity index is 364. The van der Waals surface area contributed by atoms with Crippen molar-refractivity contribution in [1.29, 1.82) is 0 Å². The summed E-state index contributed by atoms with van der Waals surface area (Å²) in [6.07, 6.45) is 2.99. The smallest absolute Gasteiger partial charge is 0.253 e. The number of carbonyl (C=O) groups is 1. The van der Waals surface area contributed by atoms with Crippen molar-refractivity contribution >= 4 is 17.7 Å². The van der Waals surface area contributed by atoms with Crippen LogP contribution in [0.15, 0.2) is 24.3 Å². The molecule has 4 heteroatoms. The van der Waals surface area contributed by atoms with E-state index in [2.05, 4.69) is 6.92 Å². The Kier molecular flexibility index (Phi) is 5.35. The molecule has 1 aromatic carbocycles. The van der Waals surface area contributed by atoms with Gasteiger partial charge in [0.25, 0.3) is 5.91 Å². The third kappa shape index (κ3) is 3.66. The minimum atomic E-state index is 0.00546. The van der Waals surface area contributed by atoms with Gasteiger partial charge in [-0.05, 0) is 36.9 Å². The Morgan fingerprint density at radius 2 is 2.00 bits per heavy atom. The molecule has 1 N–H and O–H groups in total. The summed E-state index contributed by atoms with van der Waals surface area (Å²) in [4.78, 5) is 13.9. The molecule has 0 radical (unpaired) electrons. The van der Waals surface area contributed by atoms with Crippen LogP contribution in [-0.2, 0) is 0 Å². The molecule has 1 unspecified atom stereocenters. The molecule has 0 heterocycles. The second-order valence-corrected chi connectivity index (χ2v) is 4.89. The Hall–Kier alpha value is -1.16. The van der Waals surface area contributed by atoms with Crippen molar-refractivity contribution in [3.05, 3.63) is 29.8 Å². The second-order valence-electron chi connectivity index (χ2n) is 3.98. The highest BCUT2D eigenvalue weighted by atomic mass is 32.2. The number of benzene rings is 1. The molecule has 0 bridgehead atoms. The number of hydrogen-bond acceptors (Lipinski definition) is 3. The molecule has 17 heavy (non-hydrogen) atoms. The number of phenolic OH excluding ortho intramolecular Hbond substituents is 1. The molecular formula is C13H19NO2S. The van der Waals surface area contributed by atoms with Gasteiger partial charge in [0.05, 0.1) is 0 Å². The van der Waals surface area contributed by atoms with E-state index in [1.165, 1.54) is 12.1 Å². The monoisotopic (exact) mass is 253 g/mol. The standard InChI is InChI=1S/C13H19NO2S/c1-4-11(9-17-3)14(2)13(16)10-5-7-12(15)8-6-10/h5-8,11,15H,4,9H2,1-3H3. The maximum Gasteiger partial charge on any atom is 0.253 e. The summed E-state index contributed by atoms with van der Waals surface area (Å²) in [5, 5.41) is 9.19. The predicted molar refractivity (Wildman–Crippen MR) is 72.7 cm³/mol. The van der Waals surface area contributed by atoms with E-state index < -0.39 is 0 Å². The van der Waals surface area contributed by atoms with Crippen molar-refractivity contribution in [2.75, 3.05) is 19.1 Å². The molecule has 94 valence electrons. The molecule has 1 aromatic rings. The summed E-state index contributed by atoms with van der Waals surface area (Å²) in [5.41, 5.74) is 0.616. The molecule has 1 rings (SSSR count). The van der Waals surface area contributed by atoms with Gasteiger partial charge >= 0.3 is 0 Å². The first-order chi connectivity index (χ1) is 8.10. The van der Waals surface area contributed by atoms with Crippen LogP contribution in [0.3, 0.4) is 0 Å². The highest BCUT2D eigenvalue weighted by molar-refractivity contribution is 7.98. The highest BCUT2D eigenvalue weighted by Gasteiger charge is 2.19. The molecule has 1 atom stereocenters. The van der Waals surface area contributed by atoms with Gasteiger partial charge < -0.3 is 10.0 Å². The number of amides is 1. The SMILES string of the molecule is CCC(CSC)N(C)C(=O)c1ccc(O)cc1. The molecule has 0 aliphatic heterocycles. The number of thioether (sulfide) groups is 1. The van der Waals surface area contributed by atoms with E-state index in [1.54, 1.807) is 28.8 Å². The molecule has 1 amide bonds. The summed E-state index contributed by atoms with van der Waals surface area (Å²) < 4.78 is 0. The van der Waals surface area contributed by atoms with Gasteiger partial charge in [0, 0.05) is 24.4 Å². The number of hydrogen-bond donors (Lipinski definition) is 1. The molecule has 0 saturated heterocycles. The number of nitrogens with zero attached hydrogens (tertiary/aromatic N) is 1. The van der Waals surface area contributed by atoms with Crippen LogP contribution in [0.4, 0.5) is 0 Å². The normalized spacial score (nSPS) is 12.2. The van der Waals surface area contributed by atoms with E-state index in [-0.39, 0.29) is 17.7 Å². The van der Waals surface area contributed by atoms with Crippen LogP contribution in [-0.4, -0.2) is 41.0 Å². The quantitative estimate of drug-likeness (QED) is 0.877. The van der Waals surface area contributed by atoms with Crippen molar-refractivity contribution in [1.82, 2.24) is 4.90 Å². The van der Waals surface area contributed by atoms with E-state index in [4.69, 9.17) is 0 Å². The first-order valence-corrected chi connectivity index (χ1v) is 7.04. The van der Waals surface area contributed by atoms with Crippen LogP contribution >= 0.6 is 11.8 Å². The molecule has 3 nitrogen and oxygen atoms in total. The van der Waals surface area contributed by atoms with E-state index in [9.17, 15) is 9.90 Å². The largest absolute Gasteiger partial charge is 0.508 e. The number of carbonyl (C=O) groups excluding carboxylic acids is 1. The summed E-state index contributed by atoms with van der Waals surface area (Å²) >= 11 is 1.74. The fourth-order valence-corrected chi connectivity index (χ4v) is 2.51. The number of phenols is 1. The lowest BCUT2D eigenvalue weighted by Crippen LogP contribution is -2.38. The summed E-state index contributed by atoms with van der Waals surface area (Å²) in [6, 6.07) is 6.64. The van der Waals surface area contributed by atoms with Gasteiger partial charge in [-0.2, -0.15) is 11.8 Å². The third-order valence-corrected chi connectivity index (χ3v) is 3.53. The van der Waals surface area contributed by atoms with Crippen molar-refractivity contribution in [3.63, 3.8) is 0 Å². The van der Waals surface area contributed by atoms with Crippen LogP contribution in [0, 0.1) is 0 Å². The van der Waals surface area contributed by atoms with Gasteiger partial charge in [-0.3, -0.25) is 4.79 Å². The van der Waals surface area contributed by atoms with Crippen molar-refractivity contribution in [2.24, 2.45) is 0 Å². The zero-order valence-corrected chi connectivity index (χ0v) is 11.3. The average molecular weight is 253 g/mol. The lowest BCUT2D eigenvalue weighted by Gasteiger charge is -2.26. The maximum atomic E-state index is 12.2. The predicted octanol–water partition coefficient (Wildman–Crippen LogP) is 2.61. The molecular weight excluding hydrogens is 234 g/mol. The van der Waals surface area contributed by atoms with Crippen molar-refractivity contribution in [3.8, 4) is 5.75 Å². The first kappa shape index (κ1) is 13.9. The average Bonchev–Trinajstić information content (AvgIpc) is 2.35. The van der Waals surface area contributed by atoms with E-state index in [1.807, 2.05) is 13.3 Å². The molecule has 0 saturated carbocycles. The Balaban J connectivity index is 2.77. The van der Waals surface area contributed by atoms with Crippen LogP contribution < -0.4 is 0 Å². The lowest BCUT2D eigenvalue weighted by molar-refractivity contribution is 0.0743. The zero-order chi connectivity index (χ0) is 12.8. The van der Waals surface area contributed by atoms with Gasteiger partial charge in [-0.25, -0.2) is 0 Å². The van der Waals surface area contributed by atoms with Crippen LogP contribution in [0.2, 0.25) is 0 Å². The van der Waals surface area contributed by atoms with Gasteiger partial charge in [-0.1, -0.05) is 6.92 Å². The minimum Gasteiger partial charge on any atom is -0.508 e. The second kappa shape index (κ2) is 6.55. The summed E-state index contributed by atoms with van der Waals surface area (Å²) in [7, 11) is 1.83. The molecule has 0 aliphatic rings. The van der Waals surface area contributed by atoms with Crippen LogP contribution in [0.1, 0.15) is 23.7 Å². The Morgan fingerprint density at radius 3 is 2.47 bits per heavy atom. The minimum absolute atomic E-state index is 0.00546. The summed E-state index contributed by atoms with van der Waals surface area (Å²) in [6.45, 7) is 2.08. The molecule has 0 aliphatic carbocycles. The van der Waals surface area contributed by atoms with Crippen LogP contribution in [0.5, 0.6) is 5.75 Å². The summed E-state index contributed by atoms with van der Waals surface area (Å²) in [5.74, 6) is 1.13. The van der Waals surface area contributed by atoms with E-state index in [0.717, 1.165) is 12.2 Å². The van der Waals surface area contributed by atoms with Gasteiger partial charge in [0.15, 0.2) is 0 Å². The Labute approximate surface area is 107 Å². The molecule has 0 fully saturated rings. The number of aromatic hydroxyl groups is 1. The lowest BCUT2D eigenvalue weighted by atomic mass is 10.1. The molecule has 0 spiro atoms. The first-order valence-electron chi connectivity index (χ1n) is 5.65. The zero-order valence-electron chi connectivity index (χ0n) is 10.5. The Morgan fingerprint density at radius 1 is 1.41 bits per heavy atom. The van der Waals surface area contributed by atoms with E-state index in [0.29, 0.717) is 5.56 Å². The highest BCUT2D eigenvalue weighted by Crippen LogP contribution is 2.15. The molecule has 0 aromatic heterocycles. The third-order valence-electron chi connectivity index (χ3n) is 2.81. The number of rotatable bonds is 5. The fraction of sp³-hybridized carbons (Fsp3) is 0.462. The topological polar surface area (TPSA) is 40.5 Å². The van der Waals surface area contributed by atoms with Crippen molar-refractivity contribution < 1.29 is 9.90 Å². The van der Waals surface area contributed by atoms with Gasteiger partial charge in [0.2, 0.25) is 0 Å². The fourth-order valence-electron chi connectivity index (χ4n) is 1.67. The maximum absolute atomic E-state index is 12.2. The van der Waals surface area contributed by atoms with E-state index >= 15 is 0 Å². The van der Waals surface area contributed by atoms with Gasteiger partial charge in [0.1, 0.15) is 5.75 Å². The van der Waals surface area contributed by atoms with Crippen LogP contribution in [0.25, 0.3) is 0 Å².